The van der Waals surface area contributed by atoms with E-state index >= 15 is 0 Å². The molecule has 0 radical (unpaired) electrons. The number of nitrogens with zero attached hydrogens (tertiary/aromatic N) is 4. The van der Waals surface area contributed by atoms with Crippen LogP contribution in [-0.4, -0.2) is 119 Å². The fourth-order valence-corrected chi connectivity index (χ4v) is 7.36. The Kier molecular flexibility index (Phi) is 11.0. The van der Waals surface area contributed by atoms with E-state index in [0.717, 1.165) is 51.9 Å². The van der Waals surface area contributed by atoms with Gasteiger partial charge in [-0.05, 0) is 76.6 Å². The van der Waals surface area contributed by atoms with E-state index in [1.54, 1.807) is 33.1 Å². The van der Waals surface area contributed by atoms with E-state index in [4.69, 9.17) is 9.47 Å². The Hall–Kier alpha value is -1.72. The Morgan fingerprint density at radius 2 is 1.61 bits per heavy atom. The molecule has 2 aliphatic rings. The molecule has 0 aromatic heterocycles. The van der Waals surface area contributed by atoms with Gasteiger partial charge < -0.3 is 14.4 Å². The fourth-order valence-electron chi connectivity index (χ4n) is 5.80. The van der Waals surface area contributed by atoms with Crippen LogP contribution in [0.2, 0.25) is 0 Å². The highest BCUT2D eigenvalue weighted by molar-refractivity contribution is 7.89. The van der Waals surface area contributed by atoms with Crippen molar-refractivity contribution < 1.29 is 22.7 Å². The Labute approximate surface area is 230 Å². The number of carbonyl (C=O) groups is 1. The second-order valence-corrected chi connectivity index (χ2v) is 13.1. The van der Waals surface area contributed by atoms with Crippen molar-refractivity contribution >= 4 is 15.9 Å². The molecule has 1 saturated heterocycles. The number of likely N-dealkylation sites (N-methyl/N-ethyl adjacent to an activating group) is 2. The number of benzene rings is 1. The van der Waals surface area contributed by atoms with Gasteiger partial charge in [-0.15, -0.1) is 0 Å². The average Bonchev–Trinajstić information content (AvgIpc) is 2.89. The summed E-state index contributed by atoms with van der Waals surface area (Å²) in [4.78, 5) is 20.1. The normalized spacial score (nSPS) is 21.7. The van der Waals surface area contributed by atoms with Gasteiger partial charge in [0, 0.05) is 64.9 Å². The van der Waals surface area contributed by atoms with E-state index in [9.17, 15) is 13.2 Å². The maximum atomic E-state index is 13.2. The predicted molar refractivity (Wildman–Crippen MR) is 150 cm³/mol. The van der Waals surface area contributed by atoms with E-state index in [2.05, 4.69) is 23.6 Å². The van der Waals surface area contributed by atoms with E-state index in [0.29, 0.717) is 29.0 Å². The van der Waals surface area contributed by atoms with Crippen molar-refractivity contribution in [2.75, 3.05) is 67.1 Å². The van der Waals surface area contributed by atoms with Gasteiger partial charge in [-0.2, -0.15) is 4.31 Å². The lowest BCUT2D eigenvalue weighted by Gasteiger charge is -2.44. The van der Waals surface area contributed by atoms with Crippen molar-refractivity contribution in [3.05, 3.63) is 23.3 Å². The molecule has 0 atom stereocenters. The van der Waals surface area contributed by atoms with Crippen molar-refractivity contribution in [1.82, 2.24) is 19.0 Å². The minimum atomic E-state index is -3.69. The molecule has 1 aliphatic heterocycles. The third-order valence-electron chi connectivity index (χ3n) is 8.32. The molecule has 1 saturated carbocycles. The average molecular weight is 553 g/mol. The molecule has 1 amide bonds. The number of aryl methyl sites for hydroxylation is 2. The first-order valence-corrected chi connectivity index (χ1v) is 15.3. The molecule has 10 heteroatoms. The molecule has 3 rings (SSSR count). The van der Waals surface area contributed by atoms with Gasteiger partial charge in [-0.3, -0.25) is 14.6 Å². The van der Waals surface area contributed by atoms with Crippen molar-refractivity contribution in [3.8, 4) is 5.75 Å². The zero-order chi connectivity index (χ0) is 28.0. The van der Waals surface area contributed by atoms with Crippen LogP contribution in [0.3, 0.4) is 0 Å². The van der Waals surface area contributed by atoms with Crippen LogP contribution in [0.5, 0.6) is 5.75 Å². The Bertz CT molecular complexity index is 1010. The number of ether oxygens (including phenoxy) is 2. The van der Waals surface area contributed by atoms with Crippen LogP contribution < -0.4 is 4.74 Å². The first-order chi connectivity index (χ1) is 17.9. The molecule has 9 nitrogen and oxygen atoms in total. The largest absolute Gasteiger partial charge is 0.497 e. The second-order valence-electron chi connectivity index (χ2n) is 11.1. The monoisotopic (exact) mass is 552 g/mol. The molecule has 2 fully saturated rings. The molecule has 0 bridgehead atoms. The number of amides is 1. The van der Waals surface area contributed by atoms with Crippen molar-refractivity contribution in [3.63, 3.8) is 0 Å². The van der Waals surface area contributed by atoms with Crippen LogP contribution in [0.25, 0.3) is 0 Å². The number of piperazine rings is 1. The third-order valence-corrected chi connectivity index (χ3v) is 10.5. The first-order valence-electron chi connectivity index (χ1n) is 13.9. The van der Waals surface area contributed by atoms with Crippen LogP contribution in [0.1, 0.15) is 50.7 Å². The fraction of sp³-hybridized carbons (Fsp3) is 0.750. The molecule has 1 aromatic rings. The molecular weight excluding hydrogens is 504 g/mol. The van der Waals surface area contributed by atoms with E-state index in [-0.39, 0.29) is 36.6 Å². The lowest BCUT2D eigenvalue weighted by atomic mass is 9.89. The van der Waals surface area contributed by atoms with Gasteiger partial charge in [0.2, 0.25) is 15.9 Å². The summed E-state index contributed by atoms with van der Waals surface area (Å²) in [5.41, 5.74) is 1.28. The van der Waals surface area contributed by atoms with Crippen molar-refractivity contribution in [2.24, 2.45) is 0 Å². The molecule has 38 heavy (non-hydrogen) atoms. The maximum Gasteiger partial charge on any atom is 0.248 e. The Morgan fingerprint density at radius 1 is 1.03 bits per heavy atom. The summed E-state index contributed by atoms with van der Waals surface area (Å²) < 4.78 is 38.5. The van der Waals surface area contributed by atoms with Gasteiger partial charge in [0.25, 0.3) is 0 Å². The van der Waals surface area contributed by atoms with Crippen LogP contribution in [0, 0.1) is 13.8 Å². The summed E-state index contributed by atoms with van der Waals surface area (Å²) in [6, 6.07) is 4.92. The molecule has 1 heterocycles. The van der Waals surface area contributed by atoms with Crippen LogP contribution in [0.15, 0.2) is 17.0 Å². The standard InChI is InChI=1S/C28H48N4O5S/c1-21(2)31-12-14-32(15-13-31)25-10-8-24(9-11-25)30(6)27(33)20-37-17-16-29(5)38(34,35)28-22(3)18-26(36-7)19-23(28)4/h18-19,21,24-25H,8-17,20H2,1-7H3/t24-,25+. The quantitative estimate of drug-likeness (QED) is 0.391. The molecule has 1 aliphatic carbocycles. The van der Waals surface area contributed by atoms with Gasteiger partial charge in [0.15, 0.2) is 0 Å². The first kappa shape index (κ1) is 30.8. The van der Waals surface area contributed by atoms with Gasteiger partial charge in [0.1, 0.15) is 12.4 Å². The lowest BCUT2D eigenvalue weighted by molar-refractivity contribution is -0.137. The zero-order valence-corrected chi connectivity index (χ0v) is 25.2. The van der Waals surface area contributed by atoms with E-state index < -0.39 is 10.0 Å². The van der Waals surface area contributed by atoms with Crippen LogP contribution >= 0.6 is 0 Å². The van der Waals surface area contributed by atoms with E-state index in [1.807, 2.05) is 11.9 Å². The molecule has 0 spiro atoms. The summed E-state index contributed by atoms with van der Waals surface area (Å²) >= 11 is 0. The smallest absolute Gasteiger partial charge is 0.248 e. The molecule has 216 valence electrons. The van der Waals surface area contributed by atoms with Crippen LogP contribution in [-0.2, 0) is 19.6 Å². The van der Waals surface area contributed by atoms with Gasteiger partial charge >= 0.3 is 0 Å². The SMILES string of the molecule is COc1cc(C)c(S(=O)(=O)N(C)CCOCC(=O)N(C)[C@H]2CC[C@@H](N3CCN(C(C)C)CC3)CC2)c(C)c1. The summed E-state index contributed by atoms with van der Waals surface area (Å²) in [5, 5.41) is 0. The van der Waals surface area contributed by atoms with Gasteiger partial charge in [-0.1, -0.05) is 0 Å². The summed E-state index contributed by atoms with van der Waals surface area (Å²) in [7, 11) is 1.28. The zero-order valence-electron chi connectivity index (χ0n) is 24.4. The summed E-state index contributed by atoms with van der Waals surface area (Å²) in [6.07, 6.45) is 4.27. The minimum Gasteiger partial charge on any atom is -0.497 e. The highest BCUT2D eigenvalue weighted by Crippen LogP contribution is 2.28. The Balaban J connectivity index is 1.40. The number of carbonyl (C=O) groups excluding carboxylic acids is 1. The number of hydrogen-bond acceptors (Lipinski definition) is 7. The van der Waals surface area contributed by atoms with E-state index in [1.165, 1.54) is 11.4 Å². The van der Waals surface area contributed by atoms with Crippen LogP contribution in [0.4, 0.5) is 0 Å². The third kappa shape index (κ3) is 7.47. The number of sulfonamides is 1. The van der Waals surface area contributed by atoms with Gasteiger partial charge in [0.05, 0.1) is 18.6 Å². The van der Waals surface area contributed by atoms with Crippen molar-refractivity contribution in [1.29, 1.82) is 0 Å². The summed E-state index contributed by atoms with van der Waals surface area (Å²) in [5.74, 6) is 0.580. The van der Waals surface area contributed by atoms with Gasteiger partial charge in [-0.25, -0.2) is 8.42 Å². The molecule has 0 unspecified atom stereocenters. The molecule has 0 N–H and O–H groups in total. The minimum absolute atomic E-state index is 0.0396. The lowest BCUT2D eigenvalue weighted by Crippen LogP contribution is -2.53. The predicted octanol–water partition coefficient (Wildman–Crippen LogP) is 2.74. The molecule has 1 aromatic carbocycles. The van der Waals surface area contributed by atoms with Crippen molar-refractivity contribution in [2.45, 2.75) is 76.4 Å². The Morgan fingerprint density at radius 3 is 2.13 bits per heavy atom. The molecular formula is C28H48N4O5S. The second kappa shape index (κ2) is 13.6. The number of methoxy groups -OCH3 is 1. The highest BCUT2D eigenvalue weighted by atomic mass is 32.2. The maximum absolute atomic E-state index is 13.2. The highest BCUT2D eigenvalue weighted by Gasteiger charge is 2.31. The number of rotatable bonds is 11. The summed E-state index contributed by atoms with van der Waals surface area (Å²) in [6.45, 7) is 12.9. The number of hydrogen-bond donors (Lipinski definition) is 0. The topological polar surface area (TPSA) is 82.6 Å².